The van der Waals surface area contributed by atoms with Crippen LogP contribution in [0.2, 0.25) is 0 Å². The van der Waals surface area contributed by atoms with Gasteiger partial charge in [0, 0.05) is 8.47 Å². The molecule has 0 saturated heterocycles. The molecule has 0 heterocycles. The normalized spacial score (nSPS) is 11.1. The largest absolute Gasteiger partial charge is 0.417 e. The summed E-state index contributed by atoms with van der Waals surface area (Å²) in [5.74, 6) is 0. The second-order valence-electron chi connectivity index (χ2n) is 2.46. The van der Waals surface area contributed by atoms with Crippen molar-refractivity contribution in [3.63, 3.8) is 0 Å². The lowest BCUT2D eigenvalue weighted by atomic mass is 10.1. The molecule has 14 heavy (non-hydrogen) atoms. The van der Waals surface area contributed by atoms with E-state index in [2.05, 4.69) is 12.6 Å². The molecule has 1 rings (SSSR count). The van der Waals surface area contributed by atoms with Gasteiger partial charge in [-0.25, -0.2) is 0 Å². The average molecular weight is 329 g/mol. The molecule has 0 amide bonds. The quantitative estimate of drug-likeness (QED) is 0.572. The molecule has 0 radical (unpaired) electrons. The van der Waals surface area contributed by atoms with E-state index < -0.39 is 11.7 Å². The van der Waals surface area contributed by atoms with Crippen LogP contribution >= 0.6 is 35.2 Å². The highest BCUT2D eigenvalue weighted by Gasteiger charge is 2.34. The molecular weight excluding hydrogens is 326 g/mol. The second-order valence-corrected chi connectivity index (χ2v) is 4.14. The summed E-state index contributed by atoms with van der Waals surface area (Å²) >= 11 is 5.51. The number of rotatable bonds is 0. The van der Waals surface area contributed by atoms with Gasteiger partial charge in [0.25, 0.3) is 0 Å². The first kappa shape index (κ1) is 11.7. The molecule has 0 unspecified atom stereocenters. The van der Waals surface area contributed by atoms with Gasteiger partial charge in [-0.1, -0.05) is 0 Å². The molecule has 0 bridgehead atoms. The summed E-state index contributed by atoms with van der Waals surface area (Å²) in [7, 11) is 0. The third kappa shape index (κ3) is 2.33. The van der Waals surface area contributed by atoms with Crippen molar-refractivity contribution in [3.8, 4) is 6.07 Å². The Morgan fingerprint density at radius 2 is 1.93 bits per heavy atom. The molecule has 0 spiro atoms. The first-order valence-electron chi connectivity index (χ1n) is 3.36. The van der Waals surface area contributed by atoms with Gasteiger partial charge >= 0.3 is 6.18 Å². The molecule has 0 N–H and O–H groups in total. The van der Waals surface area contributed by atoms with Crippen molar-refractivity contribution in [2.75, 3.05) is 0 Å². The first-order chi connectivity index (χ1) is 6.36. The lowest BCUT2D eigenvalue weighted by Crippen LogP contribution is -2.09. The zero-order valence-electron chi connectivity index (χ0n) is 6.56. The second kappa shape index (κ2) is 3.98. The van der Waals surface area contributed by atoms with Crippen LogP contribution in [0.3, 0.4) is 0 Å². The molecule has 1 nitrogen and oxygen atoms in total. The van der Waals surface area contributed by atoms with Crippen molar-refractivity contribution in [3.05, 3.63) is 26.8 Å². The van der Waals surface area contributed by atoms with Gasteiger partial charge in [0.2, 0.25) is 0 Å². The molecule has 0 aliphatic rings. The zero-order valence-corrected chi connectivity index (χ0v) is 9.61. The lowest BCUT2D eigenvalue weighted by Gasteiger charge is -2.10. The molecule has 6 heteroatoms. The van der Waals surface area contributed by atoms with E-state index in [1.807, 2.05) is 0 Å². The van der Waals surface area contributed by atoms with E-state index in [0.29, 0.717) is 0 Å². The summed E-state index contributed by atoms with van der Waals surface area (Å²) in [5, 5.41) is 8.57. The summed E-state index contributed by atoms with van der Waals surface area (Å²) < 4.78 is 37.5. The summed E-state index contributed by atoms with van der Waals surface area (Å²) in [6.07, 6.45) is -4.51. The Kier molecular flexibility index (Phi) is 3.32. The van der Waals surface area contributed by atoms with E-state index in [9.17, 15) is 13.2 Å². The molecular formula is C8H3F3INS. The number of thiol groups is 1. The van der Waals surface area contributed by atoms with Gasteiger partial charge in [0.1, 0.15) is 6.07 Å². The van der Waals surface area contributed by atoms with Crippen molar-refractivity contribution < 1.29 is 13.2 Å². The van der Waals surface area contributed by atoms with E-state index in [1.165, 1.54) is 12.1 Å². The predicted molar refractivity (Wildman–Crippen MR) is 56.1 cm³/mol. The maximum Gasteiger partial charge on any atom is 0.417 e. The van der Waals surface area contributed by atoms with Gasteiger partial charge in [-0.3, -0.25) is 0 Å². The highest BCUT2D eigenvalue weighted by Crippen LogP contribution is 2.35. The minimum Gasteiger partial charge on any atom is -0.192 e. The molecule has 0 aliphatic heterocycles. The zero-order chi connectivity index (χ0) is 10.9. The first-order valence-corrected chi connectivity index (χ1v) is 4.88. The number of nitrogens with zero attached hydrogens (tertiary/aromatic N) is 1. The summed E-state index contributed by atoms with van der Waals surface area (Å²) in [5.41, 5.74) is -1.28. The van der Waals surface area contributed by atoms with Crippen molar-refractivity contribution in [2.24, 2.45) is 0 Å². The van der Waals surface area contributed by atoms with Gasteiger partial charge in [-0.05, 0) is 34.7 Å². The summed E-state index contributed by atoms with van der Waals surface area (Å²) in [6, 6.07) is 3.80. The minimum absolute atomic E-state index is 0.195. The molecule has 1 aromatic carbocycles. The van der Waals surface area contributed by atoms with Crippen LogP contribution in [0.5, 0.6) is 0 Å². The molecule has 1 aromatic rings. The van der Waals surface area contributed by atoms with Gasteiger partial charge in [0.05, 0.1) is 11.1 Å². The average Bonchev–Trinajstić information content (AvgIpc) is 2.01. The Bertz CT molecular complexity index is 408. The number of alkyl halides is 3. The van der Waals surface area contributed by atoms with Crippen LogP contribution in [0.25, 0.3) is 0 Å². The van der Waals surface area contributed by atoms with Gasteiger partial charge in [-0.15, -0.1) is 12.6 Å². The molecule has 0 atom stereocenters. The van der Waals surface area contributed by atoms with E-state index in [-0.39, 0.29) is 14.0 Å². The maximum absolute atomic E-state index is 12.4. The molecule has 0 aromatic heterocycles. The monoisotopic (exact) mass is 329 g/mol. The van der Waals surface area contributed by atoms with Gasteiger partial charge < -0.3 is 0 Å². The number of nitriles is 1. The Labute approximate surface area is 97.5 Å². The van der Waals surface area contributed by atoms with Crippen LogP contribution in [-0.4, -0.2) is 0 Å². The molecule has 0 fully saturated rings. The number of hydrogen-bond acceptors (Lipinski definition) is 2. The van der Waals surface area contributed by atoms with Crippen LogP contribution in [0.15, 0.2) is 17.0 Å². The van der Waals surface area contributed by atoms with Crippen LogP contribution < -0.4 is 0 Å². The maximum atomic E-state index is 12.4. The summed E-state index contributed by atoms with van der Waals surface area (Å²) in [4.78, 5) is 0.195. The Balaban J connectivity index is 3.50. The fraction of sp³-hybridized carbons (Fsp3) is 0.125. The van der Waals surface area contributed by atoms with Gasteiger partial charge in [0.15, 0.2) is 0 Å². The van der Waals surface area contributed by atoms with Crippen molar-refractivity contribution in [1.29, 1.82) is 5.26 Å². The molecule has 0 saturated carbocycles. The standard InChI is InChI=1S/C8H3F3INS/c9-8(10,11)6-1-4(14)2-7(12)5(6)3-13/h1-2,14H. The van der Waals surface area contributed by atoms with Crippen molar-refractivity contribution >= 4 is 35.2 Å². The Morgan fingerprint density at radius 3 is 2.36 bits per heavy atom. The Morgan fingerprint density at radius 1 is 1.36 bits per heavy atom. The van der Waals surface area contributed by atoms with Crippen LogP contribution in [0, 0.1) is 14.9 Å². The fourth-order valence-electron chi connectivity index (χ4n) is 0.930. The highest BCUT2D eigenvalue weighted by atomic mass is 127. The highest BCUT2D eigenvalue weighted by molar-refractivity contribution is 14.1. The lowest BCUT2D eigenvalue weighted by molar-refractivity contribution is -0.138. The van der Waals surface area contributed by atoms with E-state index in [4.69, 9.17) is 5.26 Å². The number of halogens is 4. The Hall–Kier alpha value is -0.420. The van der Waals surface area contributed by atoms with Crippen molar-refractivity contribution in [2.45, 2.75) is 11.1 Å². The van der Waals surface area contributed by atoms with E-state index >= 15 is 0 Å². The van der Waals surface area contributed by atoms with Crippen LogP contribution in [-0.2, 0) is 6.18 Å². The van der Waals surface area contributed by atoms with Crippen LogP contribution in [0.1, 0.15) is 11.1 Å². The SMILES string of the molecule is N#Cc1c(I)cc(S)cc1C(F)(F)F. The topological polar surface area (TPSA) is 23.8 Å². The van der Waals surface area contributed by atoms with Crippen LogP contribution in [0.4, 0.5) is 13.2 Å². The fourth-order valence-corrected chi connectivity index (χ4v) is 2.18. The summed E-state index contributed by atoms with van der Waals surface area (Å²) in [6.45, 7) is 0. The minimum atomic E-state index is -4.51. The number of benzene rings is 1. The third-order valence-electron chi connectivity index (χ3n) is 1.49. The smallest absolute Gasteiger partial charge is 0.192 e. The predicted octanol–water partition coefficient (Wildman–Crippen LogP) is 3.47. The van der Waals surface area contributed by atoms with Crippen molar-refractivity contribution in [1.82, 2.24) is 0 Å². The van der Waals surface area contributed by atoms with E-state index in [0.717, 1.165) is 6.07 Å². The molecule has 0 aliphatic carbocycles. The molecule has 74 valence electrons. The van der Waals surface area contributed by atoms with Gasteiger partial charge in [-0.2, -0.15) is 18.4 Å². The number of hydrogen-bond donors (Lipinski definition) is 1. The van der Waals surface area contributed by atoms with E-state index in [1.54, 1.807) is 22.6 Å². The third-order valence-corrected chi connectivity index (χ3v) is 2.60.